The number of aromatic nitrogens is 1. The predicted molar refractivity (Wildman–Crippen MR) is 63.7 cm³/mol. The third-order valence-electron chi connectivity index (χ3n) is 3.16. The average molecular weight is 205 g/mol. The lowest BCUT2D eigenvalue weighted by atomic mass is 10.0. The van der Waals surface area contributed by atoms with Gasteiger partial charge < -0.3 is 11.1 Å². The zero-order valence-corrected chi connectivity index (χ0v) is 9.29. The third-order valence-corrected chi connectivity index (χ3v) is 3.16. The van der Waals surface area contributed by atoms with Crippen LogP contribution >= 0.6 is 0 Å². The SMILES string of the molecule is CCCC1(CNc2cncc(N)c2)CC1. The molecule has 0 aliphatic heterocycles. The molecule has 0 atom stereocenters. The number of nitrogens with one attached hydrogen (secondary N) is 1. The molecule has 1 heterocycles. The number of nitrogens with zero attached hydrogens (tertiary/aromatic N) is 1. The Morgan fingerprint density at radius 3 is 2.87 bits per heavy atom. The summed E-state index contributed by atoms with van der Waals surface area (Å²) in [6, 6.07) is 1.94. The Hall–Kier alpha value is -1.25. The van der Waals surface area contributed by atoms with Crippen LogP contribution in [0.25, 0.3) is 0 Å². The second kappa shape index (κ2) is 4.09. The molecular formula is C12H19N3. The zero-order chi connectivity index (χ0) is 10.7. The fourth-order valence-corrected chi connectivity index (χ4v) is 2.07. The summed E-state index contributed by atoms with van der Waals surface area (Å²) in [6.07, 6.45) is 8.84. The second-order valence-corrected chi connectivity index (χ2v) is 4.61. The average Bonchev–Trinajstić information content (AvgIpc) is 2.97. The molecule has 0 unspecified atom stereocenters. The van der Waals surface area contributed by atoms with Crippen LogP contribution in [0.1, 0.15) is 32.6 Å². The van der Waals surface area contributed by atoms with Crippen molar-refractivity contribution in [2.24, 2.45) is 5.41 Å². The maximum absolute atomic E-state index is 5.67. The highest BCUT2D eigenvalue weighted by molar-refractivity contribution is 5.51. The predicted octanol–water partition coefficient (Wildman–Crippen LogP) is 2.66. The summed E-state index contributed by atoms with van der Waals surface area (Å²) in [5, 5.41) is 3.43. The van der Waals surface area contributed by atoms with Gasteiger partial charge in [-0.1, -0.05) is 13.3 Å². The Balaban J connectivity index is 1.88. The first-order valence-corrected chi connectivity index (χ1v) is 5.68. The number of hydrogen-bond donors (Lipinski definition) is 2. The number of nitrogen functional groups attached to an aromatic ring is 1. The minimum Gasteiger partial charge on any atom is -0.397 e. The summed E-state index contributed by atoms with van der Waals surface area (Å²) < 4.78 is 0. The molecular weight excluding hydrogens is 186 g/mol. The van der Waals surface area contributed by atoms with Crippen LogP contribution in [0.15, 0.2) is 18.5 Å². The summed E-state index contributed by atoms with van der Waals surface area (Å²) >= 11 is 0. The van der Waals surface area contributed by atoms with E-state index in [1.807, 2.05) is 12.3 Å². The molecule has 3 N–H and O–H groups in total. The molecule has 0 amide bonds. The molecule has 0 aromatic carbocycles. The van der Waals surface area contributed by atoms with Crippen molar-refractivity contribution in [1.29, 1.82) is 0 Å². The van der Waals surface area contributed by atoms with Crippen LogP contribution < -0.4 is 11.1 Å². The van der Waals surface area contributed by atoms with Gasteiger partial charge in [0.15, 0.2) is 0 Å². The molecule has 3 heteroatoms. The maximum atomic E-state index is 5.67. The number of anilines is 2. The van der Waals surface area contributed by atoms with E-state index in [0.29, 0.717) is 5.41 Å². The standard InChI is InChI=1S/C12H19N3/c1-2-3-12(4-5-12)9-15-11-6-10(13)7-14-8-11/h6-8,15H,2-5,9,13H2,1H3. The van der Waals surface area contributed by atoms with E-state index in [9.17, 15) is 0 Å². The van der Waals surface area contributed by atoms with Crippen molar-refractivity contribution in [3.8, 4) is 0 Å². The summed E-state index contributed by atoms with van der Waals surface area (Å²) in [4.78, 5) is 4.06. The van der Waals surface area contributed by atoms with Crippen LogP contribution in [0.5, 0.6) is 0 Å². The van der Waals surface area contributed by atoms with E-state index in [1.54, 1.807) is 6.20 Å². The minimum atomic E-state index is 0.569. The molecule has 1 aromatic rings. The molecule has 1 fully saturated rings. The Morgan fingerprint density at radius 2 is 2.27 bits per heavy atom. The Morgan fingerprint density at radius 1 is 1.47 bits per heavy atom. The summed E-state index contributed by atoms with van der Waals surface area (Å²) in [5.41, 5.74) is 8.00. The second-order valence-electron chi connectivity index (χ2n) is 4.61. The first-order chi connectivity index (χ1) is 7.24. The number of rotatable bonds is 5. The fraction of sp³-hybridized carbons (Fsp3) is 0.583. The van der Waals surface area contributed by atoms with E-state index in [-0.39, 0.29) is 0 Å². The highest BCUT2D eigenvalue weighted by Gasteiger charge is 2.40. The van der Waals surface area contributed by atoms with Gasteiger partial charge in [-0.25, -0.2) is 0 Å². The summed E-state index contributed by atoms with van der Waals surface area (Å²) in [7, 11) is 0. The van der Waals surface area contributed by atoms with Gasteiger partial charge in [-0.2, -0.15) is 0 Å². The smallest absolute Gasteiger partial charge is 0.0547 e. The lowest BCUT2D eigenvalue weighted by Gasteiger charge is -2.15. The topological polar surface area (TPSA) is 50.9 Å². The van der Waals surface area contributed by atoms with Gasteiger partial charge >= 0.3 is 0 Å². The molecule has 0 radical (unpaired) electrons. The molecule has 1 aliphatic carbocycles. The first-order valence-electron chi connectivity index (χ1n) is 5.68. The molecule has 0 saturated heterocycles. The van der Waals surface area contributed by atoms with E-state index in [2.05, 4.69) is 17.2 Å². The quantitative estimate of drug-likeness (QED) is 0.777. The molecule has 0 bridgehead atoms. The maximum Gasteiger partial charge on any atom is 0.0547 e. The molecule has 3 nitrogen and oxygen atoms in total. The van der Waals surface area contributed by atoms with Gasteiger partial charge in [0, 0.05) is 12.7 Å². The molecule has 1 aromatic heterocycles. The number of hydrogen-bond acceptors (Lipinski definition) is 3. The molecule has 2 rings (SSSR count). The van der Waals surface area contributed by atoms with Gasteiger partial charge in [0.05, 0.1) is 17.6 Å². The van der Waals surface area contributed by atoms with Crippen molar-refractivity contribution >= 4 is 11.4 Å². The van der Waals surface area contributed by atoms with E-state index in [1.165, 1.54) is 25.7 Å². The van der Waals surface area contributed by atoms with Crippen LogP contribution in [0, 0.1) is 5.41 Å². The Labute approximate surface area is 91.1 Å². The van der Waals surface area contributed by atoms with Crippen molar-refractivity contribution in [3.63, 3.8) is 0 Å². The normalized spacial score (nSPS) is 17.4. The van der Waals surface area contributed by atoms with Crippen molar-refractivity contribution in [3.05, 3.63) is 18.5 Å². The molecule has 82 valence electrons. The Kier molecular flexibility index (Phi) is 2.80. The first kappa shape index (κ1) is 10.3. The summed E-state index contributed by atoms with van der Waals surface area (Å²) in [5.74, 6) is 0. The van der Waals surface area contributed by atoms with E-state index in [0.717, 1.165) is 17.9 Å². The Bertz CT molecular complexity index is 331. The van der Waals surface area contributed by atoms with Crippen LogP contribution in [-0.4, -0.2) is 11.5 Å². The van der Waals surface area contributed by atoms with Gasteiger partial charge in [-0.3, -0.25) is 4.98 Å². The lowest BCUT2D eigenvalue weighted by molar-refractivity contribution is 0.485. The van der Waals surface area contributed by atoms with Gasteiger partial charge in [0.25, 0.3) is 0 Å². The van der Waals surface area contributed by atoms with Crippen molar-refractivity contribution in [2.75, 3.05) is 17.6 Å². The minimum absolute atomic E-state index is 0.569. The van der Waals surface area contributed by atoms with Crippen molar-refractivity contribution in [1.82, 2.24) is 4.98 Å². The van der Waals surface area contributed by atoms with E-state index < -0.39 is 0 Å². The molecule has 15 heavy (non-hydrogen) atoms. The number of pyridine rings is 1. The van der Waals surface area contributed by atoms with Gasteiger partial charge in [-0.15, -0.1) is 0 Å². The molecule has 1 saturated carbocycles. The van der Waals surface area contributed by atoms with Gasteiger partial charge in [0.2, 0.25) is 0 Å². The summed E-state index contributed by atoms with van der Waals surface area (Å²) in [6.45, 7) is 3.31. The van der Waals surface area contributed by atoms with E-state index in [4.69, 9.17) is 5.73 Å². The van der Waals surface area contributed by atoms with Crippen LogP contribution in [-0.2, 0) is 0 Å². The van der Waals surface area contributed by atoms with Crippen LogP contribution in [0.3, 0.4) is 0 Å². The third kappa shape index (κ3) is 2.61. The van der Waals surface area contributed by atoms with Crippen molar-refractivity contribution < 1.29 is 0 Å². The molecule has 1 aliphatic rings. The fourth-order valence-electron chi connectivity index (χ4n) is 2.07. The zero-order valence-electron chi connectivity index (χ0n) is 9.29. The highest BCUT2D eigenvalue weighted by atomic mass is 14.9. The monoisotopic (exact) mass is 205 g/mol. The van der Waals surface area contributed by atoms with Gasteiger partial charge in [-0.05, 0) is 30.7 Å². The number of nitrogens with two attached hydrogens (primary N) is 1. The van der Waals surface area contributed by atoms with E-state index >= 15 is 0 Å². The molecule has 0 spiro atoms. The van der Waals surface area contributed by atoms with Gasteiger partial charge in [0.1, 0.15) is 0 Å². The largest absolute Gasteiger partial charge is 0.397 e. The van der Waals surface area contributed by atoms with Crippen molar-refractivity contribution in [2.45, 2.75) is 32.6 Å². The van der Waals surface area contributed by atoms with Crippen LogP contribution in [0.2, 0.25) is 0 Å². The van der Waals surface area contributed by atoms with Crippen LogP contribution in [0.4, 0.5) is 11.4 Å². The lowest BCUT2D eigenvalue weighted by Crippen LogP contribution is -2.15. The highest BCUT2D eigenvalue weighted by Crippen LogP contribution is 2.49.